The highest BCUT2D eigenvalue weighted by atomic mass is 79.9. The lowest BCUT2D eigenvalue weighted by atomic mass is 9.81. The standard InChI is InChI=1S/C27H35BrN2O3/c1-27(2,3)33-26(32)30-17-19-12-14-21(15-13-19)25(31)29-18-24(20-8-5-4-6-9-20)22-10-7-11-23(28)16-22/h4-11,16,19,21,24H,12-15,17-18H2,1-3H3,(H,29,31)(H,30,32)/t19?,21?,24-/m0/s1. The van der Waals surface area contributed by atoms with Gasteiger partial charge in [-0.25, -0.2) is 4.79 Å². The van der Waals surface area contributed by atoms with Crippen molar-refractivity contribution in [2.45, 2.75) is 58.0 Å². The van der Waals surface area contributed by atoms with Crippen molar-refractivity contribution in [1.29, 1.82) is 0 Å². The van der Waals surface area contributed by atoms with Crippen molar-refractivity contribution in [3.05, 3.63) is 70.2 Å². The van der Waals surface area contributed by atoms with Gasteiger partial charge in [-0.05, 0) is 75.6 Å². The van der Waals surface area contributed by atoms with Gasteiger partial charge in [0.15, 0.2) is 0 Å². The van der Waals surface area contributed by atoms with Crippen LogP contribution in [0.2, 0.25) is 0 Å². The predicted octanol–water partition coefficient (Wildman–Crippen LogP) is 6.03. The van der Waals surface area contributed by atoms with Crippen LogP contribution >= 0.6 is 15.9 Å². The molecule has 0 heterocycles. The summed E-state index contributed by atoms with van der Waals surface area (Å²) in [6.07, 6.45) is 3.18. The Morgan fingerprint density at radius 1 is 0.970 bits per heavy atom. The molecule has 2 aromatic rings. The summed E-state index contributed by atoms with van der Waals surface area (Å²) < 4.78 is 6.34. The molecule has 2 amide bonds. The first kappa shape index (κ1) is 25.3. The molecule has 1 atom stereocenters. The fourth-order valence-corrected chi connectivity index (χ4v) is 4.77. The normalized spacial score (nSPS) is 19.4. The summed E-state index contributed by atoms with van der Waals surface area (Å²) in [5.74, 6) is 0.647. The van der Waals surface area contributed by atoms with Gasteiger partial charge in [0.1, 0.15) is 5.60 Å². The third-order valence-electron chi connectivity index (χ3n) is 6.08. The van der Waals surface area contributed by atoms with Crippen LogP contribution in [0.25, 0.3) is 0 Å². The van der Waals surface area contributed by atoms with Gasteiger partial charge in [-0.3, -0.25) is 4.79 Å². The van der Waals surface area contributed by atoms with Gasteiger partial charge in [-0.1, -0.05) is 58.4 Å². The lowest BCUT2D eigenvalue weighted by Gasteiger charge is -2.29. The van der Waals surface area contributed by atoms with Gasteiger partial charge in [0.2, 0.25) is 5.91 Å². The minimum atomic E-state index is -0.493. The van der Waals surface area contributed by atoms with E-state index in [9.17, 15) is 9.59 Å². The van der Waals surface area contributed by atoms with Crippen LogP contribution in [0.5, 0.6) is 0 Å². The second-order valence-electron chi connectivity index (χ2n) is 9.86. The topological polar surface area (TPSA) is 67.4 Å². The highest BCUT2D eigenvalue weighted by molar-refractivity contribution is 9.10. The Labute approximate surface area is 205 Å². The number of hydrogen-bond donors (Lipinski definition) is 2. The lowest BCUT2D eigenvalue weighted by molar-refractivity contribution is -0.126. The third kappa shape index (κ3) is 8.18. The van der Waals surface area contributed by atoms with Crippen LogP contribution in [-0.2, 0) is 9.53 Å². The number of alkyl carbamates (subject to hydrolysis) is 1. The summed E-state index contributed by atoms with van der Waals surface area (Å²) in [5, 5.41) is 6.08. The van der Waals surface area contributed by atoms with Crippen LogP contribution in [0.4, 0.5) is 4.79 Å². The molecule has 1 saturated carbocycles. The number of amides is 2. The number of ether oxygens (including phenoxy) is 1. The monoisotopic (exact) mass is 514 g/mol. The number of halogens is 1. The van der Waals surface area contributed by atoms with E-state index in [-0.39, 0.29) is 23.8 Å². The molecule has 1 fully saturated rings. The summed E-state index contributed by atoms with van der Waals surface area (Å²) in [4.78, 5) is 24.8. The Morgan fingerprint density at radius 3 is 2.27 bits per heavy atom. The van der Waals surface area contributed by atoms with Crippen molar-refractivity contribution in [3.8, 4) is 0 Å². The van der Waals surface area contributed by atoms with Gasteiger partial charge in [-0.2, -0.15) is 0 Å². The first-order chi connectivity index (χ1) is 15.7. The van der Waals surface area contributed by atoms with Gasteiger partial charge < -0.3 is 15.4 Å². The fourth-order valence-electron chi connectivity index (χ4n) is 4.35. The van der Waals surface area contributed by atoms with Gasteiger partial charge in [0.05, 0.1) is 0 Å². The number of carbonyl (C=O) groups is 2. The van der Waals surface area contributed by atoms with E-state index in [1.807, 2.05) is 51.1 Å². The molecule has 0 saturated heterocycles. The van der Waals surface area contributed by atoms with Gasteiger partial charge in [-0.15, -0.1) is 0 Å². The molecule has 0 bridgehead atoms. The Bertz CT molecular complexity index is 918. The molecule has 6 heteroatoms. The van der Waals surface area contributed by atoms with Crippen molar-refractivity contribution in [3.63, 3.8) is 0 Å². The number of carbonyl (C=O) groups excluding carboxylic acids is 2. The predicted molar refractivity (Wildman–Crippen MR) is 135 cm³/mol. The van der Waals surface area contributed by atoms with E-state index >= 15 is 0 Å². The number of hydrogen-bond acceptors (Lipinski definition) is 3. The molecule has 33 heavy (non-hydrogen) atoms. The first-order valence-electron chi connectivity index (χ1n) is 11.8. The van der Waals surface area contributed by atoms with E-state index in [2.05, 4.69) is 50.8 Å². The quantitative estimate of drug-likeness (QED) is 0.473. The molecule has 178 valence electrons. The Kier molecular flexibility index (Phi) is 8.95. The van der Waals surface area contributed by atoms with E-state index in [0.29, 0.717) is 19.0 Å². The van der Waals surface area contributed by atoms with E-state index in [1.54, 1.807) is 0 Å². The molecule has 0 unspecified atom stereocenters. The van der Waals surface area contributed by atoms with Crippen LogP contribution in [0.1, 0.15) is 63.5 Å². The summed E-state index contributed by atoms with van der Waals surface area (Å²) in [6, 6.07) is 18.6. The average molecular weight is 515 g/mol. The van der Waals surface area contributed by atoms with Crippen molar-refractivity contribution >= 4 is 27.9 Å². The highest BCUT2D eigenvalue weighted by Crippen LogP contribution is 2.30. The molecule has 2 aromatic carbocycles. The maximum absolute atomic E-state index is 13.0. The Balaban J connectivity index is 1.50. The summed E-state index contributed by atoms with van der Waals surface area (Å²) in [6.45, 7) is 6.74. The summed E-state index contributed by atoms with van der Waals surface area (Å²) in [7, 11) is 0. The highest BCUT2D eigenvalue weighted by Gasteiger charge is 2.27. The summed E-state index contributed by atoms with van der Waals surface area (Å²) >= 11 is 3.57. The number of benzene rings is 2. The van der Waals surface area contributed by atoms with Gasteiger partial charge in [0.25, 0.3) is 0 Å². The molecular weight excluding hydrogens is 480 g/mol. The zero-order valence-corrected chi connectivity index (χ0v) is 21.4. The molecule has 2 N–H and O–H groups in total. The molecule has 0 spiro atoms. The molecule has 3 rings (SSSR count). The van der Waals surface area contributed by atoms with E-state index in [1.165, 1.54) is 11.1 Å². The van der Waals surface area contributed by atoms with Crippen molar-refractivity contribution in [1.82, 2.24) is 10.6 Å². The Hall–Kier alpha value is -2.34. The molecule has 1 aliphatic rings. The van der Waals surface area contributed by atoms with Crippen molar-refractivity contribution in [2.24, 2.45) is 11.8 Å². The third-order valence-corrected chi connectivity index (χ3v) is 6.58. The number of nitrogens with one attached hydrogen (secondary N) is 2. The number of rotatable bonds is 7. The van der Waals surface area contributed by atoms with E-state index in [4.69, 9.17) is 4.74 Å². The minimum Gasteiger partial charge on any atom is -0.444 e. The van der Waals surface area contributed by atoms with Crippen LogP contribution < -0.4 is 10.6 Å². The van der Waals surface area contributed by atoms with Crippen LogP contribution in [0.15, 0.2) is 59.1 Å². The minimum absolute atomic E-state index is 0.0294. The molecular formula is C27H35BrN2O3. The molecule has 1 aliphatic carbocycles. The average Bonchev–Trinajstić information content (AvgIpc) is 2.78. The molecule has 0 radical (unpaired) electrons. The van der Waals surface area contributed by atoms with E-state index in [0.717, 1.165) is 30.2 Å². The maximum Gasteiger partial charge on any atom is 0.407 e. The smallest absolute Gasteiger partial charge is 0.407 e. The largest absolute Gasteiger partial charge is 0.444 e. The SMILES string of the molecule is CC(C)(C)OC(=O)NCC1CCC(C(=O)NC[C@@H](c2ccccc2)c2cccc(Br)c2)CC1. The molecule has 0 aliphatic heterocycles. The first-order valence-corrected chi connectivity index (χ1v) is 12.6. The zero-order chi connectivity index (χ0) is 23.8. The lowest BCUT2D eigenvalue weighted by Crippen LogP contribution is -2.38. The summed E-state index contributed by atoms with van der Waals surface area (Å²) in [5.41, 5.74) is 1.87. The van der Waals surface area contributed by atoms with Crippen LogP contribution in [0.3, 0.4) is 0 Å². The Morgan fingerprint density at radius 2 is 1.64 bits per heavy atom. The fraction of sp³-hybridized carbons (Fsp3) is 0.481. The maximum atomic E-state index is 13.0. The zero-order valence-electron chi connectivity index (χ0n) is 19.8. The second kappa shape index (κ2) is 11.7. The van der Waals surface area contributed by atoms with Crippen molar-refractivity contribution in [2.75, 3.05) is 13.1 Å². The van der Waals surface area contributed by atoms with Crippen LogP contribution in [0, 0.1) is 11.8 Å². The molecule has 0 aromatic heterocycles. The van der Waals surface area contributed by atoms with Gasteiger partial charge >= 0.3 is 6.09 Å². The molecule has 5 nitrogen and oxygen atoms in total. The van der Waals surface area contributed by atoms with Crippen molar-refractivity contribution < 1.29 is 14.3 Å². The van der Waals surface area contributed by atoms with E-state index < -0.39 is 5.60 Å². The van der Waals surface area contributed by atoms with Crippen LogP contribution in [-0.4, -0.2) is 30.7 Å². The second-order valence-corrected chi connectivity index (χ2v) is 10.8. The van der Waals surface area contributed by atoms with Gasteiger partial charge in [0, 0.05) is 29.4 Å².